The molecule has 0 aliphatic carbocycles. The summed E-state index contributed by atoms with van der Waals surface area (Å²) >= 11 is 0. The van der Waals surface area contributed by atoms with Crippen LogP contribution in [0, 0.1) is 19.8 Å². The minimum absolute atomic E-state index is 0.253. The van der Waals surface area contributed by atoms with E-state index in [4.69, 9.17) is 0 Å². The lowest BCUT2D eigenvalue weighted by Crippen LogP contribution is -2.13. The highest BCUT2D eigenvalue weighted by atomic mass is 19.1. The van der Waals surface area contributed by atoms with Crippen LogP contribution in [0.3, 0.4) is 0 Å². The fourth-order valence-electron chi connectivity index (χ4n) is 1.61. The van der Waals surface area contributed by atoms with Gasteiger partial charge in [-0.3, -0.25) is 4.79 Å². The molecule has 0 saturated heterocycles. The maximum absolute atomic E-state index is 12.9. The monoisotopic (exact) mass is 244 g/mol. The summed E-state index contributed by atoms with van der Waals surface area (Å²) < 4.78 is 12.9. The molecule has 1 amide bonds. The van der Waals surface area contributed by atoms with Crippen LogP contribution in [0.5, 0.6) is 0 Å². The van der Waals surface area contributed by atoms with Gasteiger partial charge in [0.2, 0.25) is 5.95 Å². The van der Waals surface area contributed by atoms with Crippen molar-refractivity contribution < 1.29 is 9.18 Å². The van der Waals surface area contributed by atoms with Crippen molar-refractivity contribution >= 4 is 11.6 Å². The number of halogens is 1. The number of nitrogens with zero attached hydrogens (tertiary/aromatic N) is 1. The lowest BCUT2D eigenvalue weighted by molar-refractivity contribution is 0.102. The average Bonchev–Trinajstić information content (AvgIpc) is 2.34. The van der Waals surface area contributed by atoms with Gasteiger partial charge >= 0.3 is 0 Å². The number of rotatable bonds is 2. The van der Waals surface area contributed by atoms with Crippen LogP contribution in [-0.4, -0.2) is 10.9 Å². The van der Waals surface area contributed by atoms with Gasteiger partial charge in [-0.1, -0.05) is 12.1 Å². The Hall–Kier alpha value is -2.23. The highest BCUT2D eigenvalue weighted by molar-refractivity contribution is 6.04. The number of hydrogen-bond acceptors (Lipinski definition) is 2. The van der Waals surface area contributed by atoms with Crippen LogP contribution >= 0.6 is 0 Å². The Morgan fingerprint density at radius 3 is 2.72 bits per heavy atom. The van der Waals surface area contributed by atoms with Gasteiger partial charge in [0.05, 0.1) is 0 Å². The van der Waals surface area contributed by atoms with Crippen molar-refractivity contribution in [3.63, 3.8) is 0 Å². The summed E-state index contributed by atoms with van der Waals surface area (Å²) in [6.45, 7) is 3.85. The van der Waals surface area contributed by atoms with E-state index in [0.717, 1.165) is 22.9 Å². The second kappa shape index (κ2) is 4.96. The molecule has 0 aliphatic rings. The van der Waals surface area contributed by atoms with Gasteiger partial charge in [0.25, 0.3) is 5.91 Å². The molecule has 0 spiro atoms. The van der Waals surface area contributed by atoms with Crippen LogP contribution in [0.4, 0.5) is 10.1 Å². The van der Waals surface area contributed by atoms with E-state index < -0.39 is 5.95 Å². The van der Waals surface area contributed by atoms with Crippen LogP contribution in [0.15, 0.2) is 36.5 Å². The molecule has 2 aromatic rings. The van der Waals surface area contributed by atoms with Gasteiger partial charge in [-0.2, -0.15) is 4.39 Å². The molecule has 0 unspecified atom stereocenters. The number of pyridine rings is 1. The molecule has 1 heterocycles. The Morgan fingerprint density at radius 2 is 2.00 bits per heavy atom. The highest BCUT2D eigenvalue weighted by Crippen LogP contribution is 2.17. The SMILES string of the molecule is Cc1ccc(C)c(NC(=O)c2ccnc(F)c2)c1. The van der Waals surface area contributed by atoms with Crippen LogP contribution in [0.2, 0.25) is 0 Å². The largest absolute Gasteiger partial charge is 0.322 e. The van der Waals surface area contributed by atoms with Crippen LogP contribution in [0.1, 0.15) is 21.5 Å². The highest BCUT2D eigenvalue weighted by Gasteiger charge is 2.08. The van der Waals surface area contributed by atoms with Gasteiger partial charge in [-0.15, -0.1) is 0 Å². The molecule has 18 heavy (non-hydrogen) atoms. The number of carbonyl (C=O) groups excluding carboxylic acids is 1. The lowest BCUT2D eigenvalue weighted by Gasteiger charge is -2.09. The number of anilines is 1. The minimum Gasteiger partial charge on any atom is -0.322 e. The van der Waals surface area contributed by atoms with Crippen molar-refractivity contribution in [1.29, 1.82) is 0 Å². The summed E-state index contributed by atoms with van der Waals surface area (Å²) in [6, 6.07) is 8.37. The average molecular weight is 244 g/mol. The van der Waals surface area contributed by atoms with Crippen LogP contribution < -0.4 is 5.32 Å². The Balaban J connectivity index is 2.24. The number of hydrogen-bond donors (Lipinski definition) is 1. The molecule has 2 rings (SSSR count). The Labute approximate surface area is 105 Å². The number of amides is 1. The molecule has 1 N–H and O–H groups in total. The van der Waals surface area contributed by atoms with E-state index in [2.05, 4.69) is 10.3 Å². The molecule has 4 heteroatoms. The summed E-state index contributed by atoms with van der Waals surface area (Å²) in [5, 5.41) is 2.76. The topological polar surface area (TPSA) is 42.0 Å². The number of aryl methyl sites for hydroxylation is 2. The third-order valence-corrected chi connectivity index (χ3v) is 2.63. The Bertz CT molecular complexity index is 596. The lowest BCUT2D eigenvalue weighted by atomic mass is 10.1. The van der Waals surface area contributed by atoms with Crippen molar-refractivity contribution in [1.82, 2.24) is 4.98 Å². The van der Waals surface area contributed by atoms with Crippen molar-refractivity contribution in [2.24, 2.45) is 0 Å². The summed E-state index contributed by atoms with van der Waals surface area (Å²) in [4.78, 5) is 15.3. The van der Waals surface area contributed by atoms with E-state index in [0.29, 0.717) is 0 Å². The summed E-state index contributed by atoms with van der Waals surface area (Å²) in [5.41, 5.74) is 3.00. The normalized spacial score (nSPS) is 10.2. The summed E-state index contributed by atoms with van der Waals surface area (Å²) in [6.07, 6.45) is 1.27. The van der Waals surface area contributed by atoms with E-state index >= 15 is 0 Å². The van der Waals surface area contributed by atoms with E-state index in [1.807, 2.05) is 32.0 Å². The Morgan fingerprint density at radius 1 is 1.22 bits per heavy atom. The summed E-state index contributed by atoms with van der Waals surface area (Å²) in [5.74, 6) is -1.01. The molecule has 0 aliphatic heterocycles. The zero-order valence-corrected chi connectivity index (χ0v) is 10.2. The fourth-order valence-corrected chi connectivity index (χ4v) is 1.61. The van der Waals surface area contributed by atoms with Gasteiger partial charge in [0, 0.05) is 23.5 Å². The third-order valence-electron chi connectivity index (χ3n) is 2.63. The molecular formula is C14H13FN2O. The molecular weight excluding hydrogens is 231 g/mol. The first-order valence-corrected chi connectivity index (χ1v) is 5.56. The molecule has 0 saturated carbocycles. The predicted molar refractivity (Wildman–Crippen MR) is 68.1 cm³/mol. The molecule has 1 aromatic heterocycles. The molecule has 3 nitrogen and oxygen atoms in total. The van der Waals surface area contributed by atoms with Gasteiger partial charge in [0.15, 0.2) is 0 Å². The van der Waals surface area contributed by atoms with Crippen molar-refractivity contribution in [2.45, 2.75) is 13.8 Å². The second-order valence-electron chi connectivity index (χ2n) is 4.14. The van der Waals surface area contributed by atoms with Gasteiger partial charge in [-0.25, -0.2) is 4.98 Å². The van der Waals surface area contributed by atoms with E-state index in [1.54, 1.807) is 0 Å². The number of aromatic nitrogens is 1. The van der Waals surface area contributed by atoms with Gasteiger partial charge < -0.3 is 5.32 Å². The zero-order chi connectivity index (χ0) is 13.1. The maximum Gasteiger partial charge on any atom is 0.255 e. The van der Waals surface area contributed by atoms with Gasteiger partial charge in [-0.05, 0) is 37.1 Å². The van der Waals surface area contributed by atoms with E-state index in [-0.39, 0.29) is 11.5 Å². The standard InChI is InChI=1S/C14H13FN2O/c1-9-3-4-10(2)12(7-9)17-14(18)11-5-6-16-13(15)8-11/h3-8H,1-2H3,(H,17,18). The molecule has 1 aromatic carbocycles. The fraction of sp³-hybridized carbons (Fsp3) is 0.143. The number of carbonyl (C=O) groups is 1. The summed E-state index contributed by atoms with van der Waals surface area (Å²) in [7, 11) is 0. The molecule has 0 atom stereocenters. The quantitative estimate of drug-likeness (QED) is 0.825. The first-order valence-electron chi connectivity index (χ1n) is 5.56. The molecule has 0 fully saturated rings. The molecule has 92 valence electrons. The first kappa shape index (κ1) is 12.2. The predicted octanol–water partition coefficient (Wildman–Crippen LogP) is 3.09. The molecule has 0 bridgehead atoms. The minimum atomic E-state index is -0.663. The van der Waals surface area contributed by atoms with Crippen molar-refractivity contribution in [3.05, 3.63) is 59.2 Å². The number of benzene rings is 1. The molecule has 0 radical (unpaired) electrons. The zero-order valence-electron chi connectivity index (χ0n) is 10.2. The maximum atomic E-state index is 12.9. The van der Waals surface area contributed by atoms with Crippen LogP contribution in [-0.2, 0) is 0 Å². The number of nitrogens with one attached hydrogen (secondary N) is 1. The van der Waals surface area contributed by atoms with E-state index in [9.17, 15) is 9.18 Å². The van der Waals surface area contributed by atoms with Gasteiger partial charge in [0.1, 0.15) is 0 Å². The van der Waals surface area contributed by atoms with E-state index in [1.165, 1.54) is 12.3 Å². The van der Waals surface area contributed by atoms with Crippen LogP contribution in [0.25, 0.3) is 0 Å². The second-order valence-corrected chi connectivity index (χ2v) is 4.14. The first-order chi connectivity index (χ1) is 8.56. The smallest absolute Gasteiger partial charge is 0.255 e. The van der Waals surface area contributed by atoms with Crippen molar-refractivity contribution in [2.75, 3.05) is 5.32 Å². The third kappa shape index (κ3) is 2.71. The van der Waals surface area contributed by atoms with Crippen molar-refractivity contribution in [3.8, 4) is 0 Å². The Kier molecular flexibility index (Phi) is 3.37.